The van der Waals surface area contributed by atoms with E-state index < -0.39 is 17.4 Å². The molecular weight excluding hydrogens is 397 g/mol. The van der Waals surface area contributed by atoms with Gasteiger partial charge in [0.1, 0.15) is 5.82 Å². The van der Waals surface area contributed by atoms with E-state index in [1.807, 2.05) is 12.1 Å². The average Bonchev–Trinajstić information content (AvgIpc) is 2.75. The molecule has 0 aliphatic carbocycles. The summed E-state index contributed by atoms with van der Waals surface area (Å²) in [5.74, 6) is 0.292. The minimum atomic E-state index is -4.36. The highest BCUT2D eigenvalue weighted by atomic mass is 19.4. The van der Waals surface area contributed by atoms with Gasteiger partial charge in [-0.05, 0) is 41.0 Å². The van der Waals surface area contributed by atoms with Crippen molar-refractivity contribution in [1.29, 1.82) is 0 Å². The molecule has 4 rings (SSSR count). The van der Waals surface area contributed by atoms with Gasteiger partial charge in [-0.2, -0.15) is 18.2 Å². The Balaban J connectivity index is 1.52. The number of pyridine rings is 1. The first-order chi connectivity index (χ1) is 14.3. The molecule has 152 valence electrons. The maximum atomic E-state index is 12.7. The quantitative estimate of drug-likeness (QED) is 0.488. The van der Waals surface area contributed by atoms with E-state index in [4.69, 9.17) is 0 Å². The number of alkyl halides is 3. The van der Waals surface area contributed by atoms with Crippen LogP contribution >= 0.6 is 0 Å². The fraction of sp³-hybridized carbons (Fsp3) is 0.0952. The van der Waals surface area contributed by atoms with Gasteiger partial charge in [-0.1, -0.05) is 36.4 Å². The fourth-order valence-corrected chi connectivity index (χ4v) is 3.03. The lowest BCUT2D eigenvalue weighted by Crippen LogP contribution is -2.23. The number of anilines is 1. The normalized spacial score (nSPS) is 11.6. The lowest BCUT2D eigenvalue weighted by Gasteiger charge is -2.10. The van der Waals surface area contributed by atoms with E-state index in [0.29, 0.717) is 28.0 Å². The molecule has 0 bridgehead atoms. The van der Waals surface area contributed by atoms with Crippen molar-refractivity contribution in [3.8, 4) is 11.1 Å². The van der Waals surface area contributed by atoms with Gasteiger partial charge in [0.25, 0.3) is 0 Å². The molecule has 9 heteroatoms. The van der Waals surface area contributed by atoms with E-state index in [1.165, 1.54) is 18.3 Å². The second-order valence-electron chi connectivity index (χ2n) is 6.55. The minimum Gasteiger partial charge on any atom is -0.422 e. The summed E-state index contributed by atoms with van der Waals surface area (Å²) in [7, 11) is 0. The number of nitrogens with zero attached hydrogens (tertiary/aromatic N) is 3. The first-order valence-electron chi connectivity index (χ1n) is 8.90. The van der Waals surface area contributed by atoms with Gasteiger partial charge in [0.2, 0.25) is 0 Å². The fourth-order valence-electron chi connectivity index (χ4n) is 3.03. The van der Waals surface area contributed by atoms with Crippen LogP contribution in [0.1, 0.15) is 11.1 Å². The summed E-state index contributed by atoms with van der Waals surface area (Å²) in [5, 5.41) is 13.3. The number of aromatic nitrogens is 3. The molecular formula is C21H15F3N4O2. The molecule has 4 aromatic rings. The van der Waals surface area contributed by atoms with Crippen LogP contribution in [0.2, 0.25) is 0 Å². The maximum absolute atomic E-state index is 12.7. The van der Waals surface area contributed by atoms with Crippen molar-refractivity contribution >= 4 is 16.9 Å². The highest BCUT2D eigenvalue weighted by molar-refractivity contribution is 5.86. The second-order valence-corrected chi connectivity index (χ2v) is 6.55. The van der Waals surface area contributed by atoms with Crippen LogP contribution in [0.15, 0.2) is 71.7 Å². The van der Waals surface area contributed by atoms with Crippen LogP contribution in [0.25, 0.3) is 22.2 Å². The molecule has 0 radical (unpaired) electrons. The number of fused-ring (bicyclic) bond motifs is 1. The monoisotopic (exact) mass is 412 g/mol. The zero-order valence-electron chi connectivity index (χ0n) is 15.4. The Hall–Kier alpha value is -3.88. The number of benzene rings is 2. The van der Waals surface area contributed by atoms with Crippen molar-refractivity contribution in [2.75, 3.05) is 5.32 Å². The van der Waals surface area contributed by atoms with Crippen LogP contribution < -0.4 is 11.0 Å². The van der Waals surface area contributed by atoms with Crippen molar-refractivity contribution < 1.29 is 18.4 Å². The van der Waals surface area contributed by atoms with E-state index in [1.54, 1.807) is 24.3 Å². The van der Waals surface area contributed by atoms with Crippen LogP contribution in [-0.2, 0) is 12.7 Å². The topological polar surface area (TPSA) is 80.0 Å². The molecule has 0 saturated carbocycles. The SMILES string of the molecule is O=c1nc(NCc2ccc(-c3ccc(C(F)(F)F)cc3)cc2)c2cccnc2n1O. The third kappa shape index (κ3) is 3.82. The molecule has 2 aromatic heterocycles. The highest BCUT2D eigenvalue weighted by Crippen LogP contribution is 2.31. The molecule has 0 fully saturated rings. The van der Waals surface area contributed by atoms with Gasteiger partial charge < -0.3 is 10.5 Å². The van der Waals surface area contributed by atoms with Crippen molar-refractivity contribution in [3.05, 3.63) is 88.5 Å². The lowest BCUT2D eigenvalue weighted by molar-refractivity contribution is -0.137. The standard InChI is InChI=1S/C21H15F3N4O2/c22-21(23,24)16-9-7-15(8-10-16)14-5-3-13(4-6-14)12-26-18-17-2-1-11-25-19(17)28(30)20(29)27-18/h1-11,30H,12H2,(H,26,27,29). The third-order valence-corrected chi connectivity index (χ3v) is 4.59. The zero-order valence-corrected chi connectivity index (χ0v) is 15.4. The second kappa shape index (κ2) is 7.51. The van der Waals surface area contributed by atoms with E-state index >= 15 is 0 Å². The summed E-state index contributed by atoms with van der Waals surface area (Å²) < 4.78 is 38.5. The Kier molecular flexibility index (Phi) is 4.86. The van der Waals surface area contributed by atoms with Gasteiger partial charge in [-0.15, -0.1) is 4.73 Å². The van der Waals surface area contributed by atoms with Gasteiger partial charge in [0, 0.05) is 12.7 Å². The molecule has 0 atom stereocenters. The molecule has 0 saturated heterocycles. The van der Waals surface area contributed by atoms with Gasteiger partial charge >= 0.3 is 11.9 Å². The molecule has 0 aliphatic heterocycles. The highest BCUT2D eigenvalue weighted by Gasteiger charge is 2.29. The average molecular weight is 412 g/mol. The van der Waals surface area contributed by atoms with Crippen LogP contribution in [0.5, 0.6) is 0 Å². The van der Waals surface area contributed by atoms with Crippen LogP contribution in [0, 0.1) is 0 Å². The maximum Gasteiger partial charge on any atom is 0.416 e. The summed E-state index contributed by atoms with van der Waals surface area (Å²) in [6.07, 6.45) is -2.91. The molecule has 2 aromatic carbocycles. The van der Waals surface area contributed by atoms with Crippen molar-refractivity contribution in [3.63, 3.8) is 0 Å². The van der Waals surface area contributed by atoms with E-state index in [9.17, 15) is 23.2 Å². The summed E-state index contributed by atoms with van der Waals surface area (Å²) >= 11 is 0. The van der Waals surface area contributed by atoms with Crippen LogP contribution in [-0.4, -0.2) is 19.9 Å². The Morgan fingerprint density at radius 2 is 1.60 bits per heavy atom. The summed E-state index contributed by atoms with van der Waals surface area (Å²) in [6, 6.07) is 15.6. The molecule has 2 N–H and O–H groups in total. The van der Waals surface area contributed by atoms with Gasteiger partial charge in [-0.25, -0.2) is 9.78 Å². The predicted octanol–water partition coefficient (Wildman–Crippen LogP) is 4.33. The molecule has 0 unspecified atom stereocenters. The molecule has 0 aliphatic rings. The van der Waals surface area contributed by atoms with Crippen molar-refractivity contribution in [2.24, 2.45) is 0 Å². The molecule has 0 spiro atoms. The molecule has 30 heavy (non-hydrogen) atoms. The third-order valence-electron chi connectivity index (χ3n) is 4.59. The Bertz CT molecular complexity index is 1250. The molecule has 6 nitrogen and oxygen atoms in total. The van der Waals surface area contributed by atoms with Crippen molar-refractivity contribution in [2.45, 2.75) is 12.7 Å². The summed E-state index contributed by atoms with van der Waals surface area (Å²) in [4.78, 5) is 19.6. The number of rotatable bonds is 4. The Morgan fingerprint density at radius 3 is 2.23 bits per heavy atom. The van der Waals surface area contributed by atoms with E-state index in [2.05, 4.69) is 15.3 Å². The predicted molar refractivity (Wildman–Crippen MR) is 105 cm³/mol. The first kappa shape index (κ1) is 19.4. The summed E-state index contributed by atoms with van der Waals surface area (Å²) in [5.41, 5.74) is 0.888. The first-order valence-corrected chi connectivity index (χ1v) is 8.90. The van der Waals surface area contributed by atoms with Crippen LogP contribution in [0.3, 0.4) is 0 Å². The zero-order chi connectivity index (χ0) is 21.3. The number of hydrogen-bond acceptors (Lipinski definition) is 5. The Morgan fingerprint density at radius 1 is 0.967 bits per heavy atom. The molecule has 2 heterocycles. The van der Waals surface area contributed by atoms with Gasteiger partial charge in [-0.3, -0.25) is 0 Å². The number of hydrogen-bond donors (Lipinski definition) is 2. The number of nitrogens with one attached hydrogen (secondary N) is 1. The van der Waals surface area contributed by atoms with Crippen LogP contribution in [0.4, 0.5) is 19.0 Å². The summed E-state index contributed by atoms with van der Waals surface area (Å²) in [6.45, 7) is 0.346. The number of halogens is 3. The lowest BCUT2D eigenvalue weighted by atomic mass is 10.0. The van der Waals surface area contributed by atoms with Gasteiger partial charge in [0.05, 0.1) is 10.9 Å². The minimum absolute atomic E-state index is 0.0950. The van der Waals surface area contributed by atoms with E-state index in [0.717, 1.165) is 23.3 Å². The van der Waals surface area contributed by atoms with Crippen molar-refractivity contribution in [1.82, 2.24) is 14.7 Å². The molecule has 0 amide bonds. The van der Waals surface area contributed by atoms with Gasteiger partial charge in [0.15, 0.2) is 5.65 Å². The smallest absolute Gasteiger partial charge is 0.416 e. The Labute approximate surface area is 168 Å². The van der Waals surface area contributed by atoms with E-state index in [-0.39, 0.29) is 5.65 Å². The largest absolute Gasteiger partial charge is 0.422 e.